The molecule has 2 heterocycles. The Kier molecular flexibility index (Phi) is 4.14. The number of aromatic nitrogens is 2. The first-order chi connectivity index (χ1) is 11.0. The summed E-state index contributed by atoms with van der Waals surface area (Å²) in [4.78, 5) is 23.6. The van der Waals surface area contributed by atoms with Gasteiger partial charge in [-0.1, -0.05) is 17.7 Å². The zero-order valence-corrected chi connectivity index (χ0v) is 13.1. The number of rotatable bonds is 4. The molecule has 0 bridgehead atoms. The number of benzene rings is 1. The molecule has 120 valence electrons. The molecular weight excluding hydrogens is 292 g/mol. The molecule has 6 heteroatoms. The molecule has 2 amide bonds. The quantitative estimate of drug-likeness (QED) is 0.891. The van der Waals surface area contributed by atoms with Crippen molar-refractivity contribution >= 4 is 11.8 Å². The monoisotopic (exact) mass is 312 g/mol. The van der Waals surface area contributed by atoms with Crippen LogP contribution in [0.5, 0.6) is 0 Å². The van der Waals surface area contributed by atoms with Crippen LogP contribution < -0.4 is 11.1 Å². The smallest absolute Gasteiger partial charge is 0.252 e. The number of nitrogens with one attached hydrogen (secondary N) is 1. The number of aryl methyl sites for hydroxylation is 2. The average Bonchev–Trinajstić information content (AvgIpc) is 2.96. The minimum absolute atomic E-state index is 0.0668. The lowest BCUT2D eigenvalue weighted by Crippen LogP contribution is -2.33. The maximum atomic E-state index is 12.2. The number of hydrogen-bond acceptors (Lipinski definition) is 3. The topological polar surface area (TPSA) is 90.0 Å². The van der Waals surface area contributed by atoms with Gasteiger partial charge >= 0.3 is 0 Å². The van der Waals surface area contributed by atoms with E-state index in [-0.39, 0.29) is 11.8 Å². The van der Waals surface area contributed by atoms with Crippen LogP contribution in [-0.2, 0) is 13.0 Å². The van der Waals surface area contributed by atoms with Gasteiger partial charge in [0.25, 0.3) is 11.8 Å². The largest absolute Gasteiger partial charge is 0.365 e. The van der Waals surface area contributed by atoms with E-state index < -0.39 is 5.91 Å². The first-order valence-electron chi connectivity index (χ1n) is 7.74. The zero-order valence-electron chi connectivity index (χ0n) is 13.1. The fourth-order valence-corrected chi connectivity index (χ4v) is 3.00. The summed E-state index contributed by atoms with van der Waals surface area (Å²) in [7, 11) is 0. The van der Waals surface area contributed by atoms with Crippen molar-refractivity contribution in [2.24, 2.45) is 11.7 Å². The van der Waals surface area contributed by atoms with E-state index in [9.17, 15) is 9.59 Å². The molecular formula is C17H20N4O2. The first kappa shape index (κ1) is 15.3. The fraction of sp³-hybridized carbons (Fsp3) is 0.353. The summed E-state index contributed by atoms with van der Waals surface area (Å²) in [6.45, 7) is 3.29. The van der Waals surface area contributed by atoms with Crippen molar-refractivity contribution < 1.29 is 9.59 Å². The second kappa shape index (κ2) is 6.24. The maximum Gasteiger partial charge on any atom is 0.252 e. The highest BCUT2D eigenvalue weighted by atomic mass is 16.2. The van der Waals surface area contributed by atoms with Gasteiger partial charge in [-0.15, -0.1) is 0 Å². The summed E-state index contributed by atoms with van der Waals surface area (Å²) in [5, 5.41) is 7.18. The van der Waals surface area contributed by atoms with Crippen molar-refractivity contribution in [1.29, 1.82) is 0 Å². The summed E-state index contributed by atoms with van der Waals surface area (Å²) in [5.41, 5.74) is 8.47. The number of hydrogen-bond donors (Lipinski definition) is 2. The Bertz CT molecular complexity index is 751. The Balaban J connectivity index is 1.62. The minimum Gasteiger partial charge on any atom is -0.365 e. The average molecular weight is 312 g/mol. The Morgan fingerprint density at radius 2 is 2.26 bits per heavy atom. The van der Waals surface area contributed by atoms with Crippen LogP contribution in [0, 0.1) is 12.8 Å². The maximum absolute atomic E-state index is 12.2. The number of carbonyl (C=O) groups excluding carboxylic acids is 2. The predicted octanol–water partition coefficient (Wildman–Crippen LogP) is 1.28. The molecule has 23 heavy (non-hydrogen) atoms. The van der Waals surface area contributed by atoms with E-state index in [0.717, 1.165) is 24.2 Å². The van der Waals surface area contributed by atoms with Crippen molar-refractivity contribution in [1.82, 2.24) is 15.1 Å². The highest BCUT2D eigenvalue weighted by Gasteiger charge is 2.24. The van der Waals surface area contributed by atoms with E-state index >= 15 is 0 Å². The molecule has 6 nitrogen and oxygen atoms in total. The fourth-order valence-electron chi connectivity index (χ4n) is 3.00. The summed E-state index contributed by atoms with van der Waals surface area (Å²) in [6.07, 6.45) is 3.15. The number of fused-ring (bicyclic) bond motifs is 1. The third kappa shape index (κ3) is 3.26. The Hall–Kier alpha value is -2.63. The summed E-state index contributed by atoms with van der Waals surface area (Å²) < 4.78 is 1.83. The van der Waals surface area contributed by atoms with Gasteiger partial charge in [-0.3, -0.25) is 14.3 Å². The number of amides is 2. The molecule has 0 radical (unpaired) electrons. The molecule has 1 unspecified atom stereocenters. The molecule has 1 atom stereocenters. The summed E-state index contributed by atoms with van der Waals surface area (Å²) in [5.74, 6) is -0.232. The van der Waals surface area contributed by atoms with Crippen LogP contribution in [0.15, 0.2) is 30.5 Å². The zero-order chi connectivity index (χ0) is 16.4. The molecule has 0 fully saturated rings. The van der Waals surface area contributed by atoms with Gasteiger partial charge < -0.3 is 11.1 Å². The van der Waals surface area contributed by atoms with Crippen molar-refractivity contribution in [2.75, 3.05) is 6.54 Å². The van der Waals surface area contributed by atoms with Gasteiger partial charge in [0.2, 0.25) is 0 Å². The second-order valence-electron chi connectivity index (χ2n) is 6.03. The molecule has 0 saturated heterocycles. The number of carbonyl (C=O) groups is 2. The Morgan fingerprint density at radius 3 is 3.00 bits per heavy atom. The van der Waals surface area contributed by atoms with Crippen LogP contribution in [0.2, 0.25) is 0 Å². The van der Waals surface area contributed by atoms with E-state index in [1.165, 1.54) is 6.20 Å². The van der Waals surface area contributed by atoms with Crippen LogP contribution in [0.25, 0.3) is 0 Å². The van der Waals surface area contributed by atoms with E-state index in [1.54, 1.807) is 0 Å². The SMILES string of the molecule is Cc1cccc(C(=O)NCC2CCn3ncc(C(N)=O)c3C2)c1. The van der Waals surface area contributed by atoms with Crippen LogP contribution in [0.3, 0.4) is 0 Å². The lowest BCUT2D eigenvalue weighted by atomic mass is 9.94. The van der Waals surface area contributed by atoms with Crippen molar-refractivity contribution in [3.8, 4) is 0 Å². The van der Waals surface area contributed by atoms with Gasteiger partial charge in [0.15, 0.2) is 0 Å². The molecule has 0 aliphatic carbocycles. The predicted molar refractivity (Wildman–Crippen MR) is 86.1 cm³/mol. The first-order valence-corrected chi connectivity index (χ1v) is 7.74. The van der Waals surface area contributed by atoms with Crippen LogP contribution >= 0.6 is 0 Å². The minimum atomic E-state index is -0.448. The van der Waals surface area contributed by atoms with E-state index in [1.807, 2.05) is 35.9 Å². The summed E-state index contributed by atoms with van der Waals surface area (Å²) in [6, 6.07) is 7.52. The molecule has 1 aromatic heterocycles. The van der Waals surface area contributed by atoms with Gasteiger partial charge in [-0.2, -0.15) is 5.10 Å². The second-order valence-corrected chi connectivity index (χ2v) is 6.03. The van der Waals surface area contributed by atoms with Crippen molar-refractivity contribution in [2.45, 2.75) is 26.3 Å². The molecule has 3 N–H and O–H groups in total. The van der Waals surface area contributed by atoms with Gasteiger partial charge in [-0.05, 0) is 37.8 Å². The molecule has 0 saturated carbocycles. The standard InChI is InChI=1S/C17H20N4O2/c1-11-3-2-4-13(7-11)17(23)19-9-12-5-6-21-15(8-12)14(10-20-21)16(18)22/h2-4,7,10,12H,5-6,8-9H2,1H3,(H2,18,22)(H,19,23). The lowest BCUT2D eigenvalue weighted by Gasteiger charge is -2.24. The van der Waals surface area contributed by atoms with E-state index in [0.29, 0.717) is 24.1 Å². The third-order valence-electron chi connectivity index (χ3n) is 4.28. The van der Waals surface area contributed by atoms with Gasteiger partial charge in [-0.25, -0.2) is 0 Å². The van der Waals surface area contributed by atoms with Crippen molar-refractivity contribution in [3.63, 3.8) is 0 Å². The Labute approximate surface area is 134 Å². The lowest BCUT2D eigenvalue weighted by molar-refractivity contribution is 0.0941. The number of nitrogens with two attached hydrogens (primary N) is 1. The molecule has 1 aromatic carbocycles. The van der Waals surface area contributed by atoms with Crippen LogP contribution in [0.1, 0.15) is 38.4 Å². The van der Waals surface area contributed by atoms with E-state index in [4.69, 9.17) is 5.73 Å². The third-order valence-corrected chi connectivity index (χ3v) is 4.28. The van der Waals surface area contributed by atoms with E-state index in [2.05, 4.69) is 10.4 Å². The molecule has 2 aromatic rings. The number of nitrogens with zero attached hydrogens (tertiary/aromatic N) is 2. The van der Waals surface area contributed by atoms with Crippen molar-refractivity contribution in [3.05, 3.63) is 52.8 Å². The Morgan fingerprint density at radius 1 is 1.43 bits per heavy atom. The normalized spacial score (nSPS) is 16.7. The number of primary amides is 1. The summed E-state index contributed by atoms with van der Waals surface area (Å²) >= 11 is 0. The van der Waals surface area contributed by atoms with Gasteiger partial charge in [0, 0.05) is 18.7 Å². The molecule has 0 spiro atoms. The molecule has 3 rings (SSSR count). The highest BCUT2D eigenvalue weighted by molar-refractivity contribution is 5.94. The molecule has 1 aliphatic heterocycles. The highest BCUT2D eigenvalue weighted by Crippen LogP contribution is 2.22. The van der Waals surface area contributed by atoms with Crippen LogP contribution in [0.4, 0.5) is 0 Å². The van der Waals surface area contributed by atoms with Crippen LogP contribution in [-0.4, -0.2) is 28.1 Å². The van der Waals surface area contributed by atoms with Gasteiger partial charge in [0.05, 0.1) is 17.5 Å². The molecule has 1 aliphatic rings. The van der Waals surface area contributed by atoms with Gasteiger partial charge in [0.1, 0.15) is 0 Å².